The zero-order valence-electron chi connectivity index (χ0n) is 23.0. The number of carbonyl (C=O) groups is 3. The van der Waals surface area contributed by atoms with Gasteiger partial charge < -0.3 is 5.32 Å². The highest BCUT2D eigenvalue weighted by atomic mass is 32.2. The summed E-state index contributed by atoms with van der Waals surface area (Å²) in [7, 11) is 0. The number of halogens is 3. The number of rotatable bonds is 5. The summed E-state index contributed by atoms with van der Waals surface area (Å²) in [5, 5.41) is 3.94. The van der Waals surface area contributed by atoms with Crippen molar-refractivity contribution >= 4 is 63.0 Å². The molecule has 0 radical (unpaired) electrons. The zero-order chi connectivity index (χ0) is 31.5. The summed E-state index contributed by atoms with van der Waals surface area (Å²) in [6, 6.07) is 20.5. The first-order valence-corrected chi connectivity index (χ1v) is 15.4. The number of hydrogen-bond donors (Lipinski definition) is 1. The molecular weight excluding hydrogens is 626 g/mol. The van der Waals surface area contributed by atoms with Crippen molar-refractivity contribution in [3.8, 4) is 0 Å². The number of thiazole rings is 1. The average molecular weight is 647 g/mol. The first-order valence-electron chi connectivity index (χ1n) is 13.7. The van der Waals surface area contributed by atoms with Crippen LogP contribution in [0.15, 0.2) is 101 Å². The molecule has 0 saturated carbocycles. The Morgan fingerprint density at radius 3 is 2.49 bits per heavy atom. The van der Waals surface area contributed by atoms with Gasteiger partial charge in [0.25, 0.3) is 0 Å². The molecule has 0 bridgehead atoms. The van der Waals surface area contributed by atoms with Gasteiger partial charge in [-0.1, -0.05) is 71.6 Å². The lowest BCUT2D eigenvalue weighted by Crippen LogP contribution is -2.33. The fourth-order valence-corrected chi connectivity index (χ4v) is 8.69. The van der Waals surface area contributed by atoms with Crippen LogP contribution in [0, 0.1) is 5.92 Å². The number of fused-ring (bicyclic) bond motifs is 3. The van der Waals surface area contributed by atoms with Crippen molar-refractivity contribution < 1.29 is 27.6 Å². The Morgan fingerprint density at radius 2 is 1.71 bits per heavy atom. The average Bonchev–Trinajstić information content (AvgIpc) is 3.47. The normalized spacial score (nSPS) is 19.4. The van der Waals surface area contributed by atoms with Gasteiger partial charge in [-0.3, -0.25) is 28.7 Å². The molecule has 1 N–H and O–H groups in total. The summed E-state index contributed by atoms with van der Waals surface area (Å²) in [5.74, 6) is -3.62. The number of hydrogen-bond acceptors (Lipinski definition) is 7. The molecule has 8 nitrogen and oxygen atoms in total. The molecule has 45 heavy (non-hydrogen) atoms. The quantitative estimate of drug-likeness (QED) is 0.238. The number of aromatic nitrogens is 2. The number of amides is 3. The largest absolute Gasteiger partial charge is 0.416 e. The number of imide groups is 1. The fraction of sp³-hybridized carbons (Fsp3) is 0.156. The van der Waals surface area contributed by atoms with Gasteiger partial charge >= 0.3 is 11.0 Å². The molecule has 0 aliphatic carbocycles. The van der Waals surface area contributed by atoms with Crippen LogP contribution in [0.5, 0.6) is 0 Å². The number of anilines is 2. The zero-order valence-corrected chi connectivity index (χ0v) is 24.7. The Hall–Kier alpha value is -4.75. The van der Waals surface area contributed by atoms with Crippen LogP contribution >= 0.6 is 23.1 Å². The first kappa shape index (κ1) is 29.0. The van der Waals surface area contributed by atoms with Gasteiger partial charge in [0.1, 0.15) is 11.8 Å². The molecule has 0 spiro atoms. The fourth-order valence-electron chi connectivity index (χ4n) is 5.92. The SMILES string of the molecule is O=C(Cn1c2c(sc1=O)[C@H](c1cccnc1)C1C(=O)N(c3cccc(C(F)(F)F)c3)C(=O)C1S2)Nc1cccc2ccccc12. The molecule has 2 aromatic heterocycles. The number of thioether (sulfide) groups is 1. The lowest BCUT2D eigenvalue weighted by atomic mass is 9.84. The third-order valence-electron chi connectivity index (χ3n) is 7.89. The van der Waals surface area contributed by atoms with E-state index in [2.05, 4.69) is 10.3 Å². The highest BCUT2D eigenvalue weighted by Crippen LogP contribution is 2.54. The minimum atomic E-state index is -4.67. The van der Waals surface area contributed by atoms with E-state index in [4.69, 9.17) is 0 Å². The minimum absolute atomic E-state index is 0.185. The van der Waals surface area contributed by atoms with E-state index in [1.54, 1.807) is 24.4 Å². The van der Waals surface area contributed by atoms with E-state index in [0.29, 0.717) is 21.2 Å². The second-order valence-corrected chi connectivity index (χ2v) is 12.7. The van der Waals surface area contributed by atoms with E-state index in [1.165, 1.54) is 16.8 Å². The minimum Gasteiger partial charge on any atom is -0.324 e. The molecule has 1 fully saturated rings. The van der Waals surface area contributed by atoms with Gasteiger partial charge in [0.15, 0.2) is 0 Å². The molecule has 3 amide bonds. The third kappa shape index (κ3) is 5.01. The second kappa shape index (κ2) is 11.0. The van der Waals surface area contributed by atoms with Crippen LogP contribution in [0.1, 0.15) is 21.9 Å². The Bertz CT molecular complexity index is 2060. The predicted octanol–water partition coefficient (Wildman–Crippen LogP) is 5.91. The topological polar surface area (TPSA) is 101 Å². The van der Waals surface area contributed by atoms with Crippen molar-refractivity contribution in [3.05, 3.63) is 117 Å². The van der Waals surface area contributed by atoms with Crippen LogP contribution in [0.3, 0.4) is 0 Å². The van der Waals surface area contributed by atoms with Gasteiger partial charge in [-0.2, -0.15) is 13.2 Å². The molecule has 3 aromatic carbocycles. The molecule has 2 unspecified atom stereocenters. The lowest BCUT2D eigenvalue weighted by molar-refractivity contribution is -0.137. The second-order valence-electron chi connectivity index (χ2n) is 10.6. The van der Waals surface area contributed by atoms with E-state index in [1.807, 2.05) is 36.4 Å². The van der Waals surface area contributed by atoms with Gasteiger partial charge in [-0.05, 0) is 41.3 Å². The standard InChI is InChI=1S/C32H21F3N4O4S2/c33-32(34,35)19-9-4-10-20(14-19)39-28(41)25-24(18-8-5-13-36-15-18)27-30(44-26(25)29(39)42)38(31(43)45-27)16-23(40)37-22-12-3-7-17-6-1-2-11-21(17)22/h1-15,24-26H,16H2,(H,37,40)/t24-,25?,26?/m1/s1. The van der Waals surface area contributed by atoms with E-state index in [-0.39, 0.29) is 12.2 Å². The highest BCUT2D eigenvalue weighted by molar-refractivity contribution is 8.00. The first-order chi connectivity index (χ1) is 21.6. The number of nitrogens with one attached hydrogen (secondary N) is 1. The Kier molecular flexibility index (Phi) is 7.09. The van der Waals surface area contributed by atoms with E-state index in [9.17, 15) is 32.3 Å². The molecule has 2 aliphatic heterocycles. The molecule has 2 aliphatic rings. The number of carbonyl (C=O) groups excluding carboxylic acids is 3. The number of pyridine rings is 1. The van der Waals surface area contributed by atoms with Gasteiger partial charge in [0.05, 0.1) is 22.2 Å². The lowest BCUT2D eigenvalue weighted by Gasteiger charge is -2.30. The number of nitrogens with zero attached hydrogens (tertiary/aromatic N) is 3. The number of benzene rings is 3. The number of alkyl halides is 3. The summed E-state index contributed by atoms with van der Waals surface area (Å²) in [6.07, 6.45) is -1.59. The summed E-state index contributed by atoms with van der Waals surface area (Å²) < 4.78 is 41.8. The maximum Gasteiger partial charge on any atom is 0.416 e. The van der Waals surface area contributed by atoms with Crippen LogP contribution < -0.4 is 15.1 Å². The summed E-state index contributed by atoms with van der Waals surface area (Å²) in [4.78, 5) is 59.4. The van der Waals surface area contributed by atoms with Crippen molar-refractivity contribution in [2.45, 2.75) is 28.9 Å². The molecule has 3 atom stereocenters. The molecule has 13 heteroatoms. The van der Waals surface area contributed by atoms with E-state index < -0.39 is 51.4 Å². The Balaban J connectivity index is 1.27. The van der Waals surface area contributed by atoms with Crippen LogP contribution in [0.4, 0.5) is 24.5 Å². The Morgan fingerprint density at radius 1 is 0.933 bits per heavy atom. The maximum atomic E-state index is 13.9. The summed E-state index contributed by atoms with van der Waals surface area (Å²) in [6.45, 7) is -0.350. The van der Waals surface area contributed by atoms with Crippen LogP contribution in [-0.4, -0.2) is 32.5 Å². The van der Waals surface area contributed by atoms with Crippen molar-refractivity contribution in [3.63, 3.8) is 0 Å². The molecule has 5 aromatic rings. The van der Waals surface area contributed by atoms with Crippen molar-refractivity contribution in [1.29, 1.82) is 0 Å². The van der Waals surface area contributed by atoms with E-state index >= 15 is 0 Å². The summed E-state index contributed by atoms with van der Waals surface area (Å²) >= 11 is 1.86. The van der Waals surface area contributed by atoms with Crippen molar-refractivity contribution in [2.75, 3.05) is 10.2 Å². The monoisotopic (exact) mass is 646 g/mol. The molecule has 226 valence electrons. The van der Waals surface area contributed by atoms with Gasteiger partial charge in [0, 0.05) is 34.3 Å². The van der Waals surface area contributed by atoms with E-state index in [0.717, 1.165) is 57.0 Å². The predicted molar refractivity (Wildman–Crippen MR) is 164 cm³/mol. The highest BCUT2D eigenvalue weighted by Gasteiger charge is 2.57. The molecular formula is C32H21F3N4O4S2. The van der Waals surface area contributed by atoms with Crippen LogP contribution in [-0.2, 0) is 27.1 Å². The van der Waals surface area contributed by atoms with Crippen molar-refractivity contribution in [2.24, 2.45) is 5.92 Å². The molecule has 1 saturated heterocycles. The van der Waals surface area contributed by atoms with Gasteiger partial charge in [-0.15, -0.1) is 0 Å². The third-order valence-corrected chi connectivity index (χ3v) is 10.5. The van der Waals surface area contributed by atoms with Crippen LogP contribution in [0.2, 0.25) is 0 Å². The Labute approximate surface area is 261 Å². The van der Waals surface area contributed by atoms with Crippen LogP contribution in [0.25, 0.3) is 10.8 Å². The smallest absolute Gasteiger partial charge is 0.324 e. The summed E-state index contributed by atoms with van der Waals surface area (Å²) in [5.41, 5.74) is -0.0359. The van der Waals surface area contributed by atoms with Crippen molar-refractivity contribution in [1.82, 2.24) is 9.55 Å². The molecule has 4 heterocycles. The van der Waals surface area contributed by atoms with Gasteiger partial charge in [-0.25, -0.2) is 4.90 Å². The van der Waals surface area contributed by atoms with Gasteiger partial charge in [0.2, 0.25) is 17.7 Å². The molecule has 7 rings (SSSR count). The maximum absolute atomic E-state index is 13.9.